The summed E-state index contributed by atoms with van der Waals surface area (Å²) in [6, 6.07) is 7.85. The van der Waals surface area contributed by atoms with Crippen molar-refractivity contribution in [3.63, 3.8) is 0 Å². The van der Waals surface area contributed by atoms with E-state index in [1.165, 1.54) is 38.0 Å². The largest absolute Gasteiger partial charge is 0.472 e. The van der Waals surface area contributed by atoms with E-state index in [9.17, 15) is 13.2 Å². The van der Waals surface area contributed by atoms with Crippen molar-refractivity contribution in [2.45, 2.75) is 23.5 Å². The molecular formula is C18H21N5O4S2. The van der Waals surface area contributed by atoms with E-state index in [0.29, 0.717) is 23.2 Å². The summed E-state index contributed by atoms with van der Waals surface area (Å²) in [5.74, 6) is 0.594. The summed E-state index contributed by atoms with van der Waals surface area (Å²) in [6.07, 6.45) is 3.16. The maximum atomic E-state index is 12.3. The third-order valence-corrected chi connectivity index (χ3v) is 6.86. The number of anilines is 1. The molecule has 1 amide bonds. The summed E-state index contributed by atoms with van der Waals surface area (Å²) in [7, 11) is -0.566. The molecule has 0 aliphatic rings. The monoisotopic (exact) mass is 435 g/mol. The minimum atomic E-state index is -3.50. The Labute approximate surface area is 173 Å². The Morgan fingerprint density at radius 1 is 1.21 bits per heavy atom. The zero-order valence-corrected chi connectivity index (χ0v) is 17.8. The molecule has 0 aliphatic heterocycles. The molecule has 0 saturated heterocycles. The minimum absolute atomic E-state index is 0.140. The van der Waals surface area contributed by atoms with Gasteiger partial charge in [0.25, 0.3) is 0 Å². The third-order valence-electron chi connectivity index (χ3n) is 4.06. The lowest BCUT2D eigenvalue weighted by Gasteiger charge is -2.12. The van der Waals surface area contributed by atoms with Gasteiger partial charge in [0.15, 0.2) is 11.0 Å². The third kappa shape index (κ3) is 4.69. The molecule has 3 rings (SSSR count). The molecule has 1 aromatic carbocycles. The molecule has 1 N–H and O–H groups in total. The fraction of sp³-hybridized carbons (Fsp3) is 0.278. The van der Waals surface area contributed by atoms with E-state index in [1.54, 1.807) is 30.7 Å². The van der Waals surface area contributed by atoms with Crippen LogP contribution in [0.3, 0.4) is 0 Å². The fourth-order valence-electron chi connectivity index (χ4n) is 2.53. The molecule has 0 unspecified atom stereocenters. The maximum absolute atomic E-state index is 12.3. The predicted octanol–water partition coefficient (Wildman–Crippen LogP) is 2.54. The van der Waals surface area contributed by atoms with Gasteiger partial charge in [-0.15, -0.1) is 10.2 Å². The molecule has 0 fully saturated rings. The fourth-order valence-corrected chi connectivity index (χ4v) is 4.24. The average Bonchev–Trinajstić information content (AvgIpc) is 3.35. The van der Waals surface area contributed by atoms with E-state index < -0.39 is 10.0 Å². The number of thioether (sulfide) groups is 1. The quantitative estimate of drug-likeness (QED) is 0.541. The number of nitrogens with one attached hydrogen (secondary N) is 1. The van der Waals surface area contributed by atoms with Crippen LogP contribution in [0.15, 0.2) is 57.3 Å². The molecule has 0 aliphatic carbocycles. The Morgan fingerprint density at radius 3 is 2.52 bits per heavy atom. The van der Waals surface area contributed by atoms with E-state index in [0.717, 1.165) is 9.87 Å². The Kier molecular flexibility index (Phi) is 6.40. The maximum Gasteiger partial charge on any atom is 0.242 e. The topological polar surface area (TPSA) is 110 Å². The summed E-state index contributed by atoms with van der Waals surface area (Å²) >= 11 is 1.27. The van der Waals surface area contributed by atoms with Crippen molar-refractivity contribution in [3.8, 4) is 11.4 Å². The van der Waals surface area contributed by atoms with Crippen molar-refractivity contribution in [3.05, 3.63) is 42.9 Å². The van der Waals surface area contributed by atoms with E-state index in [-0.39, 0.29) is 16.6 Å². The van der Waals surface area contributed by atoms with Crippen molar-refractivity contribution in [1.29, 1.82) is 0 Å². The standard InChI is InChI=1S/C18H21N5O4S2/c1-4-23-17(13-9-10-27-11-13)20-21-18(23)28-12-16(24)19-14-5-7-15(8-6-14)29(25,26)22(2)3/h5-11H,4,12H2,1-3H3,(H,19,24). The van der Waals surface area contributed by atoms with Gasteiger partial charge in [-0.05, 0) is 37.3 Å². The van der Waals surface area contributed by atoms with Gasteiger partial charge in [0.2, 0.25) is 15.9 Å². The lowest BCUT2D eigenvalue weighted by molar-refractivity contribution is -0.113. The number of nitrogens with zero attached hydrogens (tertiary/aromatic N) is 4. The zero-order valence-electron chi connectivity index (χ0n) is 16.2. The predicted molar refractivity (Wildman–Crippen MR) is 110 cm³/mol. The van der Waals surface area contributed by atoms with Crippen molar-refractivity contribution >= 4 is 33.4 Å². The Balaban J connectivity index is 1.62. The summed E-state index contributed by atoms with van der Waals surface area (Å²) in [6.45, 7) is 2.62. The summed E-state index contributed by atoms with van der Waals surface area (Å²) in [5.41, 5.74) is 1.34. The van der Waals surface area contributed by atoms with Gasteiger partial charge in [-0.25, -0.2) is 12.7 Å². The highest BCUT2D eigenvalue weighted by Gasteiger charge is 2.18. The Morgan fingerprint density at radius 2 is 1.93 bits per heavy atom. The summed E-state index contributed by atoms with van der Waals surface area (Å²) in [5, 5.41) is 11.7. The molecular weight excluding hydrogens is 414 g/mol. The molecule has 2 heterocycles. The zero-order chi connectivity index (χ0) is 21.0. The molecule has 11 heteroatoms. The van der Waals surface area contributed by atoms with Crippen molar-refractivity contribution < 1.29 is 17.6 Å². The van der Waals surface area contributed by atoms with E-state index in [4.69, 9.17) is 4.42 Å². The SMILES string of the molecule is CCn1c(SCC(=O)Nc2ccc(S(=O)(=O)N(C)C)cc2)nnc1-c1ccoc1. The van der Waals surface area contributed by atoms with Crippen LogP contribution in [-0.4, -0.2) is 53.2 Å². The highest BCUT2D eigenvalue weighted by Crippen LogP contribution is 2.24. The first-order chi connectivity index (χ1) is 13.8. The molecule has 29 heavy (non-hydrogen) atoms. The van der Waals surface area contributed by atoms with Gasteiger partial charge in [-0.3, -0.25) is 4.79 Å². The lowest BCUT2D eigenvalue weighted by Crippen LogP contribution is -2.22. The van der Waals surface area contributed by atoms with Crippen LogP contribution in [0.1, 0.15) is 6.92 Å². The molecule has 0 bridgehead atoms. The Hall–Kier alpha value is -2.63. The number of aromatic nitrogens is 3. The van der Waals surface area contributed by atoms with Gasteiger partial charge in [-0.2, -0.15) is 0 Å². The molecule has 3 aromatic rings. The first kappa shape index (κ1) is 21.1. The second-order valence-corrected chi connectivity index (χ2v) is 9.31. The highest BCUT2D eigenvalue weighted by atomic mass is 32.2. The first-order valence-electron chi connectivity index (χ1n) is 8.74. The van der Waals surface area contributed by atoms with Crippen LogP contribution in [0.5, 0.6) is 0 Å². The van der Waals surface area contributed by atoms with E-state index in [2.05, 4.69) is 15.5 Å². The van der Waals surface area contributed by atoms with Crippen LogP contribution in [-0.2, 0) is 21.4 Å². The molecule has 0 radical (unpaired) electrons. The van der Waals surface area contributed by atoms with Gasteiger partial charge >= 0.3 is 0 Å². The van der Waals surface area contributed by atoms with Gasteiger partial charge in [0, 0.05) is 26.3 Å². The number of sulfonamides is 1. The number of carbonyl (C=O) groups excluding carboxylic acids is 1. The van der Waals surface area contributed by atoms with Gasteiger partial charge in [0.1, 0.15) is 6.26 Å². The molecule has 0 atom stereocenters. The normalized spacial score (nSPS) is 11.7. The minimum Gasteiger partial charge on any atom is -0.472 e. The van der Waals surface area contributed by atoms with Crippen molar-refractivity contribution in [2.75, 3.05) is 25.2 Å². The van der Waals surface area contributed by atoms with Crippen molar-refractivity contribution in [1.82, 2.24) is 19.1 Å². The van der Waals surface area contributed by atoms with Crippen LogP contribution in [0, 0.1) is 0 Å². The van der Waals surface area contributed by atoms with Gasteiger partial charge < -0.3 is 14.3 Å². The number of carbonyl (C=O) groups is 1. The summed E-state index contributed by atoms with van der Waals surface area (Å²) < 4.78 is 32.3. The first-order valence-corrected chi connectivity index (χ1v) is 11.2. The smallest absolute Gasteiger partial charge is 0.242 e. The van der Waals surface area contributed by atoms with Gasteiger partial charge in [-0.1, -0.05) is 11.8 Å². The number of hydrogen-bond donors (Lipinski definition) is 1. The molecule has 9 nitrogen and oxygen atoms in total. The molecule has 0 spiro atoms. The van der Waals surface area contributed by atoms with Crippen LogP contribution >= 0.6 is 11.8 Å². The van der Waals surface area contributed by atoms with Crippen LogP contribution in [0.25, 0.3) is 11.4 Å². The number of hydrogen-bond acceptors (Lipinski definition) is 7. The van der Waals surface area contributed by atoms with Crippen LogP contribution in [0.2, 0.25) is 0 Å². The Bertz CT molecular complexity index is 1070. The van der Waals surface area contributed by atoms with E-state index >= 15 is 0 Å². The highest BCUT2D eigenvalue weighted by molar-refractivity contribution is 7.99. The molecule has 2 aromatic heterocycles. The van der Waals surface area contributed by atoms with Crippen molar-refractivity contribution in [2.24, 2.45) is 0 Å². The molecule has 154 valence electrons. The van der Waals surface area contributed by atoms with Crippen LogP contribution < -0.4 is 5.32 Å². The van der Waals surface area contributed by atoms with E-state index in [1.807, 2.05) is 11.5 Å². The molecule has 0 saturated carbocycles. The summed E-state index contributed by atoms with van der Waals surface area (Å²) in [4.78, 5) is 12.4. The second-order valence-electron chi connectivity index (χ2n) is 6.21. The average molecular weight is 436 g/mol. The van der Waals surface area contributed by atoms with Crippen LogP contribution in [0.4, 0.5) is 5.69 Å². The number of furan rings is 1. The number of amides is 1. The van der Waals surface area contributed by atoms with Gasteiger partial charge in [0.05, 0.1) is 22.5 Å². The second kappa shape index (κ2) is 8.80. The number of benzene rings is 1. The lowest BCUT2D eigenvalue weighted by atomic mass is 10.3. The number of rotatable bonds is 8.